The molecule has 0 radical (unpaired) electrons. The van der Waals surface area contributed by atoms with E-state index in [2.05, 4.69) is 24.3 Å². The van der Waals surface area contributed by atoms with E-state index in [-0.39, 0.29) is 35.9 Å². The van der Waals surface area contributed by atoms with Gasteiger partial charge in [0, 0.05) is 30.8 Å². The van der Waals surface area contributed by atoms with Gasteiger partial charge in [-0.25, -0.2) is 4.68 Å². The molecular weight excluding hydrogens is 432 g/mol. The van der Waals surface area contributed by atoms with E-state index >= 15 is 0 Å². The number of aromatic amines is 1. The van der Waals surface area contributed by atoms with Crippen LogP contribution < -0.4 is 16.4 Å². The smallest absolute Gasteiger partial charge is 0.273 e. The zero-order valence-electron chi connectivity index (χ0n) is 19.8. The quantitative estimate of drug-likeness (QED) is 0.608. The Morgan fingerprint density at radius 1 is 1.03 bits per heavy atom. The minimum absolute atomic E-state index is 0.00699. The van der Waals surface area contributed by atoms with Gasteiger partial charge in [-0.1, -0.05) is 32.0 Å². The number of H-pyrrole nitrogens is 1. The average molecular weight is 463 g/mol. The molecule has 4 rings (SSSR count). The molecule has 2 heterocycles. The minimum atomic E-state index is -0.376. The number of carbonyl (C=O) groups is 2. The van der Waals surface area contributed by atoms with Crippen LogP contribution in [0.1, 0.15) is 42.6 Å². The van der Waals surface area contributed by atoms with E-state index in [1.807, 2.05) is 17.9 Å². The third kappa shape index (κ3) is 4.95. The number of carbonyl (C=O) groups excluding carboxylic acids is 2. The van der Waals surface area contributed by atoms with Crippen molar-refractivity contribution in [2.24, 2.45) is 11.8 Å². The van der Waals surface area contributed by atoms with Crippen LogP contribution in [0.5, 0.6) is 0 Å². The second-order valence-electron chi connectivity index (χ2n) is 9.43. The maximum absolute atomic E-state index is 13.1. The van der Waals surface area contributed by atoms with Crippen molar-refractivity contribution in [3.8, 4) is 0 Å². The van der Waals surface area contributed by atoms with E-state index in [9.17, 15) is 19.2 Å². The number of nitrogens with zero attached hydrogens (tertiary/aromatic N) is 2. The molecule has 2 amide bonds. The molecule has 0 bridgehead atoms. The first kappa shape index (κ1) is 23.5. The number of likely N-dealkylation sites (tertiary alicyclic amines) is 1. The van der Waals surface area contributed by atoms with Gasteiger partial charge in [0.1, 0.15) is 0 Å². The van der Waals surface area contributed by atoms with Crippen molar-refractivity contribution >= 4 is 28.3 Å². The van der Waals surface area contributed by atoms with Crippen LogP contribution in [0.3, 0.4) is 0 Å². The van der Waals surface area contributed by atoms with Crippen LogP contribution in [0.4, 0.5) is 5.69 Å². The Balaban J connectivity index is 1.46. The van der Waals surface area contributed by atoms with Crippen molar-refractivity contribution in [3.05, 3.63) is 74.3 Å². The maximum atomic E-state index is 13.1. The van der Waals surface area contributed by atoms with E-state index in [1.165, 1.54) is 0 Å². The lowest BCUT2D eigenvalue weighted by Gasteiger charge is -2.35. The lowest BCUT2D eigenvalue weighted by Crippen LogP contribution is -2.42. The highest BCUT2D eigenvalue weighted by Crippen LogP contribution is 2.24. The molecule has 8 nitrogen and oxygen atoms in total. The van der Waals surface area contributed by atoms with Crippen LogP contribution in [-0.2, 0) is 11.3 Å². The van der Waals surface area contributed by atoms with Gasteiger partial charge in [-0.2, -0.15) is 0 Å². The van der Waals surface area contributed by atoms with Gasteiger partial charge in [-0.05, 0) is 55.0 Å². The summed E-state index contributed by atoms with van der Waals surface area (Å²) in [5.74, 6) is 0.576. The molecule has 8 heteroatoms. The molecule has 0 spiro atoms. The highest BCUT2D eigenvalue weighted by molar-refractivity contribution is 5.97. The SMILES string of the molecule is Cc1ccc(C(=O)N2CC(C)CC(C)C2)cc1NC(=O)CCn1[nH]c(=O)c2ccccc2c1=O. The van der Waals surface area contributed by atoms with Crippen LogP contribution in [0.15, 0.2) is 52.1 Å². The Hall–Kier alpha value is -3.68. The molecule has 0 aliphatic carbocycles. The number of aryl methyl sites for hydroxylation is 2. The molecule has 2 N–H and O–H groups in total. The zero-order valence-corrected chi connectivity index (χ0v) is 19.8. The number of piperidine rings is 1. The number of anilines is 1. The molecule has 2 aromatic carbocycles. The molecule has 1 fully saturated rings. The van der Waals surface area contributed by atoms with Gasteiger partial charge in [0.25, 0.3) is 17.0 Å². The summed E-state index contributed by atoms with van der Waals surface area (Å²) in [6.45, 7) is 7.68. The molecule has 2 atom stereocenters. The molecule has 34 heavy (non-hydrogen) atoms. The standard InChI is InChI=1S/C26H30N4O4/c1-16-12-17(2)15-29(14-16)25(33)19-9-8-18(3)22(13-19)27-23(31)10-11-30-26(34)21-7-5-4-6-20(21)24(32)28-30/h4-9,13,16-17H,10-12,14-15H2,1-3H3,(H,27,31)(H,28,32). The fourth-order valence-corrected chi connectivity index (χ4v) is 4.73. The van der Waals surface area contributed by atoms with Crippen molar-refractivity contribution in [2.75, 3.05) is 18.4 Å². The average Bonchev–Trinajstić information content (AvgIpc) is 2.81. The van der Waals surface area contributed by atoms with Gasteiger partial charge >= 0.3 is 0 Å². The second-order valence-corrected chi connectivity index (χ2v) is 9.43. The first-order valence-corrected chi connectivity index (χ1v) is 11.6. The minimum Gasteiger partial charge on any atom is -0.338 e. The Labute approximate surface area is 197 Å². The van der Waals surface area contributed by atoms with Crippen molar-refractivity contribution in [2.45, 2.75) is 40.2 Å². The van der Waals surface area contributed by atoms with E-state index in [0.717, 1.165) is 29.8 Å². The van der Waals surface area contributed by atoms with Gasteiger partial charge in [-0.15, -0.1) is 0 Å². The molecule has 3 aromatic rings. The van der Waals surface area contributed by atoms with Gasteiger partial charge in [0.15, 0.2) is 0 Å². The maximum Gasteiger partial charge on any atom is 0.273 e. The Kier molecular flexibility index (Phi) is 6.68. The first-order valence-electron chi connectivity index (χ1n) is 11.6. The van der Waals surface area contributed by atoms with E-state index in [0.29, 0.717) is 33.9 Å². The molecule has 2 unspecified atom stereocenters. The molecule has 1 aliphatic heterocycles. The summed E-state index contributed by atoms with van der Waals surface area (Å²) in [5.41, 5.74) is 1.21. The lowest BCUT2D eigenvalue weighted by atomic mass is 9.91. The van der Waals surface area contributed by atoms with Crippen LogP contribution >= 0.6 is 0 Å². The Morgan fingerprint density at radius 2 is 1.71 bits per heavy atom. The Morgan fingerprint density at radius 3 is 2.41 bits per heavy atom. The van der Waals surface area contributed by atoms with Crippen molar-refractivity contribution in [3.63, 3.8) is 0 Å². The molecule has 1 aromatic heterocycles. The summed E-state index contributed by atoms with van der Waals surface area (Å²) in [7, 11) is 0. The van der Waals surface area contributed by atoms with Crippen LogP contribution in [0.25, 0.3) is 10.8 Å². The van der Waals surface area contributed by atoms with Gasteiger partial charge in [0.05, 0.1) is 17.3 Å². The normalized spacial score (nSPS) is 18.1. The molecule has 0 saturated carbocycles. The molecule has 1 saturated heterocycles. The number of fused-ring (bicyclic) bond motifs is 1. The van der Waals surface area contributed by atoms with E-state index < -0.39 is 0 Å². The van der Waals surface area contributed by atoms with Crippen molar-refractivity contribution < 1.29 is 9.59 Å². The summed E-state index contributed by atoms with van der Waals surface area (Å²) in [4.78, 5) is 52.5. The fraction of sp³-hybridized carbons (Fsp3) is 0.385. The number of hydrogen-bond donors (Lipinski definition) is 2. The summed E-state index contributed by atoms with van der Waals surface area (Å²) >= 11 is 0. The highest BCUT2D eigenvalue weighted by atomic mass is 16.2. The number of rotatable bonds is 5. The van der Waals surface area contributed by atoms with Crippen LogP contribution in [-0.4, -0.2) is 39.6 Å². The van der Waals surface area contributed by atoms with E-state index in [4.69, 9.17) is 0 Å². The Bertz CT molecular complexity index is 1350. The molecule has 1 aliphatic rings. The predicted molar refractivity (Wildman–Crippen MR) is 132 cm³/mol. The summed E-state index contributed by atoms with van der Waals surface area (Å²) in [6, 6.07) is 11.9. The first-order chi connectivity index (χ1) is 16.2. The zero-order chi connectivity index (χ0) is 24.4. The molecular formula is C26H30N4O4. The largest absolute Gasteiger partial charge is 0.338 e. The summed E-state index contributed by atoms with van der Waals surface area (Å²) in [5, 5.41) is 6.02. The fourth-order valence-electron chi connectivity index (χ4n) is 4.73. The number of nitrogens with one attached hydrogen (secondary N) is 2. The predicted octanol–water partition coefficient (Wildman–Crippen LogP) is 3.15. The van der Waals surface area contributed by atoms with Crippen LogP contribution in [0, 0.1) is 18.8 Å². The number of hydrogen-bond acceptors (Lipinski definition) is 4. The topological polar surface area (TPSA) is 104 Å². The molecule has 178 valence electrons. The summed E-state index contributed by atoms with van der Waals surface area (Å²) in [6.07, 6.45) is 1.11. The number of benzene rings is 2. The number of aromatic nitrogens is 2. The second kappa shape index (κ2) is 9.67. The number of amides is 2. The third-order valence-electron chi connectivity index (χ3n) is 6.36. The third-order valence-corrected chi connectivity index (χ3v) is 6.36. The van der Waals surface area contributed by atoms with Gasteiger partial charge < -0.3 is 10.2 Å². The monoisotopic (exact) mass is 462 g/mol. The summed E-state index contributed by atoms with van der Waals surface area (Å²) < 4.78 is 1.16. The van der Waals surface area contributed by atoms with E-state index in [1.54, 1.807) is 36.4 Å². The van der Waals surface area contributed by atoms with Crippen molar-refractivity contribution in [1.82, 2.24) is 14.7 Å². The van der Waals surface area contributed by atoms with Crippen LogP contribution in [0.2, 0.25) is 0 Å². The highest BCUT2D eigenvalue weighted by Gasteiger charge is 2.26. The van der Waals surface area contributed by atoms with Gasteiger partial charge in [0.2, 0.25) is 5.91 Å². The lowest BCUT2D eigenvalue weighted by molar-refractivity contribution is -0.116. The van der Waals surface area contributed by atoms with Crippen molar-refractivity contribution in [1.29, 1.82) is 0 Å². The van der Waals surface area contributed by atoms with Gasteiger partial charge in [-0.3, -0.25) is 24.3 Å².